The summed E-state index contributed by atoms with van der Waals surface area (Å²) >= 11 is 0. The Morgan fingerprint density at radius 1 is 1.11 bits per heavy atom. The van der Waals surface area contributed by atoms with Crippen molar-refractivity contribution in [2.45, 2.75) is 39.9 Å². The highest BCUT2D eigenvalue weighted by Gasteiger charge is 2.15. The summed E-state index contributed by atoms with van der Waals surface area (Å²) in [6.07, 6.45) is 0. The Balaban J connectivity index is 1.82. The predicted molar refractivity (Wildman–Crippen MR) is 105 cm³/mol. The average Bonchev–Trinajstić information content (AvgIpc) is 2.96. The minimum atomic E-state index is -0.163. The van der Waals surface area contributed by atoms with Gasteiger partial charge >= 0.3 is 0 Å². The molecule has 0 unspecified atom stereocenters. The van der Waals surface area contributed by atoms with Gasteiger partial charge in [-0.3, -0.25) is 9.59 Å². The molecular weight excluding hydrogens is 340 g/mol. The summed E-state index contributed by atoms with van der Waals surface area (Å²) in [6, 6.07) is 15.1. The van der Waals surface area contributed by atoms with Gasteiger partial charge in [0.2, 0.25) is 5.91 Å². The molecule has 6 nitrogen and oxygen atoms in total. The van der Waals surface area contributed by atoms with E-state index >= 15 is 0 Å². The Bertz CT molecular complexity index is 975. The van der Waals surface area contributed by atoms with Gasteiger partial charge in [-0.1, -0.05) is 29.8 Å². The van der Waals surface area contributed by atoms with E-state index in [1.807, 2.05) is 67.8 Å². The van der Waals surface area contributed by atoms with Crippen molar-refractivity contribution in [3.05, 3.63) is 65.5 Å². The van der Waals surface area contributed by atoms with Crippen LogP contribution in [-0.4, -0.2) is 27.4 Å². The van der Waals surface area contributed by atoms with Crippen LogP contribution in [0, 0.1) is 6.92 Å². The van der Waals surface area contributed by atoms with E-state index in [2.05, 4.69) is 15.6 Å². The number of hydrogen-bond acceptors (Lipinski definition) is 3. The van der Waals surface area contributed by atoms with Crippen molar-refractivity contribution in [1.82, 2.24) is 20.2 Å². The predicted octanol–water partition coefficient (Wildman–Crippen LogP) is 2.80. The molecule has 0 fully saturated rings. The third-order valence-corrected chi connectivity index (χ3v) is 4.17. The lowest BCUT2D eigenvalue weighted by Gasteiger charge is -2.12. The zero-order chi connectivity index (χ0) is 19.4. The van der Waals surface area contributed by atoms with Gasteiger partial charge in [-0.05, 0) is 45.0 Å². The molecule has 0 spiro atoms. The van der Waals surface area contributed by atoms with Crippen LogP contribution in [0.2, 0.25) is 0 Å². The number of imidazole rings is 1. The largest absolute Gasteiger partial charge is 0.352 e. The molecule has 0 aliphatic heterocycles. The Morgan fingerprint density at radius 3 is 2.63 bits per heavy atom. The Morgan fingerprint density at radius 2 is 1.89 bits per heavy atom. The minimum Gasteiger partial charge on any atom is -0.352 e. The van der Waals surface area contributed by atoms with Gasteiger partial charge in [0.25, 0.3) is 5.91 Å². The van der Waals surface area contributed by atoms with Crippen molar-refractivity contribution in [3.8, 4) is 0 Å². The van der Waals surface area contributed by atoms with E-state index in [4.69, 9.17) is 0 Å². The second kappa shape index (κ2) is 8.03. The molecule has 140 valence electrons. The summed E-state index contributed by atoms with van der Waals surface area (Å²) < 4.78 is 1.85. The molecule has 1 heterocycles. The van der Waals surface area contributed by atoms with E-state index in [1.165, 1.54) is 0 Å². The van der Waals surface area contributed by atoms with Crippen LogP contribution in [-0.2, 0) is 17.9 Å². The lowest BCUT2D eigenvalue weighted by atomic mass is 10.1. The van der Waals surface area contributed by atoms with Crippen molar-refractivity contribution in [2.75, 3.05) is 0 Å². The summed E-state index contributed by atoms with van der Waals surface area (Å²) in [5.41, 5.74) is 3.31. The molecule has 1 aromatic heterocycles. The highest BCUT2D eigenvalue weighted by molar-refractivity contribution is 5.94. The number of para-hydroxylation sites is 2. The standard InChI is InChI=1S/C21H24N4O2/c1-14(2)23-20(26)13-25-18-10-5-4-9-17(18)24-19(25)12-22-21(27)16-8-6-7-15(3)11-16/h4-11,14H,12-13H2,1-3H3,(H,22,27)(H,23,26). The number of aromatic nitrogens is 2. The maximum atomic E-state index is 12.4. The van der Waals surface area contributed by atoms with Gasteiger partial charge in [-0.15, -0.1) is 0 Å². The van der Waals surface area contributed by atoms with Crippen LogP contribution in [0.1, 0.15) is 35.6 Å². The van der Waals surface area contributed by atoms with Gasteiger partial charge in [-0.25, -0.2) is 4.98 Å². The van der Waals surface area contributed by atoms with Gasteiger partial charge < -0.3 is 15.2 Å². The Labute approximate surface area is 158 Å². The maximum Gasteiger partial charge on any atom is 0.251 e. The number of amides is 2. The number of nitrogens with zero attached hydrogens (tertiary/aromatic N) is 2. The number of nitrogens with one attached hydrogen (secondary N) is 2. The van der Waals surface area contributed by atoms with E-state index in [0.717, 1.165) is 16.6 Å². The van der Waals surface area contributed by atoms with Gasteiger partial charge in [0.15, 0.2) is 0 Å². The first-order valence-electron chi connectivity index (χ1n) is 9.02. The Kier molecular flexibility index (Phi) is 5.54. The molecule has 3 aromatic rings. The second-order valence-corrected chi connectivity index (χ2v) is 6.88. The first kappa shape index (κ1) is 18.6. The van der Waals surface area contributed by atoms with Crippen molar-refractivity contribution < 1.29 is 9.59 Å². The van der Waals surface area contributed by atoms with E-state index < -0.39 is 0 Å². The van der Waals surface area contributed by atoms with Crippen molar-refractivity contribution in [3.63, 3.8) is 0 Å². The molecule has 6 heteroatoms. The molecule has 0 aliphatic carbocycles. The normalized spacial score (nSPS) is 11.0. The van der Waals surface area contributed by atoms with Crippen LogP contribution in [0.5, 0.6) is 0 Å². The molecular formula is C21H24N4O2. The van der Waals surface area contributed by atoms with E-state index in [1.54, 1.807) is 6.07 Å². The fraction of sp³-hybridized carbons (Fsp3) is 0.286. The first-order chi connectivity index (χ1) is 12.9. The van der Waals surface area contributed by atoms with Crippen LogP contribution in [0.15, 0.2) is 48.5 Å². The molecule has 0 bridgehead atoms. The summed E-state index contributed by atoms with van der Waals surface area (Å²) in [5, 5.41) is 5.80. The highest BCUT2D eigenvalue weighted by atomic mass is 16.2. The van der Waals surface area contributed by atoms with Crippen molar-refractivity contribution in [1.29, 1.82) is 0 Å². The number of aryl methyl sites for hydroxylation is 1. The summed E-state index contributed by atoms with van der Waals surface area (Å²) in [7, 11) is 0. The van der Waals surface area contributed by atoms with Crippen molar-refractivity contribution in [2.24, 2.45) is 0 Å². The summed E-state index contributed by atoms with van der Waals surface area (Å²) in [6.45, 7) is 6.20. The lowest BCUT2D eigenvalue weighted by Crippen LogP contribution is -2.34. The number of carbonyl (C=O) groups excluding carboxylic acids is 2. The number of carbonyl (C=O) groups is 2. The molecule has 3 rings (SSSR count). The number of benzene rings is 2. The zero-order valence-electron chi connectivity index (χ0n) is 15.8. The molecule has 27 heavy (non-hydrogen) atoms. The Hall–Kier alpha value is -3.15. The lowest BCUT2D eigenvalue weighted by molar-refractivity contribution is -0.122. The average molecular weight is 364 g/mol. The number of fused-ring (bicyclic) bond motifs is 1. The van der Waals surface area contributed by atoms with Crippen molar-refractivity contribution >= 4 is 22.8 Å². The van der Waals surface area contributed by atoms with Crippen LogP contribution >= 0.6 is 0 Å². The highest BCUT2D eigenvalue weighted by Crippen LogP contribution is 2.16. The van der Waals surface area contributed by atoms with E-state index in [-0.39, 0.29) is 30.9 Å². The molecule has 2 N–H and O–H groups in total. The summed E-state index contributed by atoms with van der Waals surface area (Å²) in [5.74, 6) is 0.402. The topological polar surface area (TPSA) is 76.0 Å². The smallest absolute Gasteiger partial charge is 0.251 e. The quantitative estimate of drug-likeness (QED) is 0.706. The molecule has 0 radical (unpaired) electrons. The number of hydrogen-bond donors (Lipinski definition) is 2. The fourth-order valence-corrected chi connectivity index (χ4v) is 3.00. The van der Waals surface area contributed by atoms with Crippen LogP contribution in [0.4, 0.5) is 0 Å². The van der Waals surface area contributed by atoms with Gasteiger partial charge in [-0.2, -0.15) is 0 Å². The monoisotopic (exact) mass is 364 g/mol. The van der Waals surface area contributed by atoms with E-state index in [9.17, 15) is 9.59 Å². The van der Waals surface area contributed by atoms with Crippen LogP contribution in [0.25, 0.3) is 11.0 Å². The molecule has 2 aromatic carbocycles. The fourth-order valence-electron chi connectivity index (χ4n) is 3.00. The van der Waals surface area contributed by atoms with Gasteiger partial charge in [0, 0.05) is 11.6 Å². The molecule has 0 aliphatic rings. The van der Waals surface area contributed by atoms with Gasteiger partial charge in [0.1, 0.15) is 12.4 Å². The van der Waals surface area contributed by atoms with Crippen LogP contribution < -0.4 is 10.6 Å². The second-order valence-electron chi connectivity index (χ2n) is 6.88. The van der Waals surface area contributed by atoms with E-state index in [0.29, 0.717) is 11.4 Å². The third kappa shape index (κ3) is 4.53. The van der Waals surface area contributed by atoms with Gasteiger partial charge in [0.05, 0.1) is 17.6 Å². The maximum absolute atomic E-state index is 12.4. The third-order valence-electron chi connectivity index (χ3n) is 4.17. The molecule has 0 atom stereocenters. The minimum absolute atomic E-state index is 0.0664. The number of rotatable bonds is 6. The van der Waals surface area contributed by atoms with Crippen LogP contribution in [0.3, 0.4) is 0 Å². The molecule has 2 amide bonds. The first-order valence-corrected chi connectivity index (χ1v) is 9.02. The zero-order valence-corrected chi connectivity index (χ0v) is 15.8. The SMILES string of the molecule is Cc1cccc(C(=O)NCc2nc3ccccc3n2CC(=O)NC(C)C)c1. The molecule has 0 saturated heterocycles. The summed E-state index contributed by atoms with van der Waals surface area (Å²) in [4.78, 5) is 29.3. The molecule has 0 saturated carbocycles.